The minimum absolute atomic E-state index is 0.236. The molecule has 0 saturated heterocycles. The molecule has 0 spiro atoms. The molecule has 0 saturated carbocycles. The molecule has 1 aromatic carbocycles. The fraction of sp³-hybridized carbons (Fsp3) is 0.357. The van der Waals surface area contributed by atoms with Crippen LogP contribution in [0.4, 0.5) is 5.69 Å². The molecule has 0 amide bonds. The van der Waals surface area contributed by atoms with Crippen molar-refractivity contribution in [3.05, 3.63) is 40.3 Å². The van der Waals surface area contributed by atoms with Crippen LogP contribution in [0.2, 0.25) is 0 Å². The zero-order chi connectivity index (χ0) is 13.0. The number of aryl methyl sites for hydroxylation is 1. The van der Waals surface area contributed by atoms with Crippen LogP contribution in [0.1, 0.15) is 30.3 Å². The van der Waals surface area contributed by atoms with Gasteiger partial charge in [-0.1, -0.05) is 6.07 Å². The van der Waals surface area contributed by atoms with E-state index in [0.29, 0.717) is 6.61 Å². The lowest BCUT2D eigenvalue weighted by molar-refractivity contribution is 0.341. The Morgan fingerprint density at radius 3 is 2.94 bits per heavy atom. The van der Waals surface area contributed by atoms with Crippen LogP contribution in [0, 0.1) is 6.92 Å². The Labute approximate surface area is 112 Å². The van der Waals surface area contributed by atoms with E-state index in [0.717, 1.165) is 11.4 Å². The molecule has 1 N–H and O–H groups in total. The molecule has 1 aromatic heterocycles. The molecule has 3 nitrogen and oxygen atoms in total. The Morgan fingerprint density at radius 1 is 1.44 bits per heavy atom. The number of ether oxygens (including phenoxy) is 1. The van der Waals surface area contributed by atoms with Crippen molar-refractivity contribution in [2.75, 3.05) is 11.9 Å². The third-order valence-electron chi connectivity index (χ3n) is 2.69. The van der Waals surface area contributed by atoms with Gasteiger partial charge in [0, 0.05) is 11.1 Å². The van der Waals surface area contributed by atoms with Crippen molar-refractivity contribution in [3.8, 4) is 5.75 Å². The number of nitrogens with one attached hydrogen (secondary N) is 1. The van der Waals surface area contributed by atoms with Crippen LogP contribution >= 0.6 is 11.3 Å². The second kappa shape index (κ2) is 5.87. The largest absolute Gasteiger partial charge is 0.492 e. The number of anilines is 1. The van der Waals surface area contributed by atoms with Crippen molar-refractivity contribution in [3.63, 3.8) is 0 Å². The van der Waals surface area contributed by atoms with Crippen LogP contribution in [-0.4, -0.2) is 11.6 Å². The van der Waals surface area contributed by atoms with Gasteiger partial charge in [-0.3, -0.25) is 4.98 Å². The lowest BCUT2D eigenvalue weighted by Gasteiger charge is -2.17. The van der Waals surface area contributed by atoms with Gasteiger partial charge in [0.2, 0.25) is 0 Å². The molecule has 0 aliphatic heterocycles. The summed E-state index contributed by atoms with van der Waals surface area (Å²) in [6.45, 7) is 6.87. The molecule has 4 heteroatoms. The van der Waals surface area contributed by atoms with E-state index in [4.69, 9.17) is 4.74 Å². The summed E-state index contributed by atoms with van der Waals surface area (Å²) in [5, 5.41) is 3.47. The molecule has 96 valence electrons. The Bertz CT molecular complexity index is 497. The number of benzene rings is 1. The van der Waals surface area contributed by atoms with E-state index in [1.54, 1.807) is 11.3 Å². The number of nitrogens with zero attached hydrogens (tertiary/aromatic N) is 1. The quantitative estimate of drug-likeness (QED) is 0.883. The average molecular weight is 262 g/mol. The normalized spacial score (nSPS) is 12.2. The van der Waals surface area contributed by atoms with E-state index in [1.807, 2.05) is 18.6 Å². The number of hydrogen-bond acceptors (Lipinski definition) is 4. The molecule has 0 radical (unpaired) electrons. The first-order valence-corrected chi connectivity index (χ1v) is 6.97. The minimum Gasteiger partial charge on any atom is -0.492 e. The Hall–Kier alpha value is -1.55. The molecule has 0 fully saturated rings. The molecule has 18 heavy (non-hydrogen) atoms. The second-order valence-corrected chi connectivity index (χ2v) is 5.12. The third-order valence-corrected chi connectivity index (χ3v) is 3.65. The molecule has 0 aliphatic carbocycles. The summed E-state index contributed by atoms with van der Waals surface area (Å²) in [6.07, 6.45) is 1.90. The van der Waals surface area contributed by atoms with Gasteiger partial charge in [-0.2, -0.15) is 0 Å². The standard InChI is InChI=1S/C14H18N2OS/c1-4-17-13-7-10(2)5-6-12(13)16-11(3)14-8-15-9-18-14/h5-9,11,16H,4H2,1-3H3. The molecular weight excluding hydrogens is 244 g/mol. The summed E-state index contributed by atoms with van der Waals surface area (Å²) in [5.74, 6) is 0.911. The highest BCUT2D eigenvalue weighted by molar-refractivity contribution is 7.09. The lowest BCUT2D eigenvalue weighted by atomic mass is 10.2. The topological polar surface area (TPSA) is 34.1 Å². The van der Waals surface area contributed by atoms with Crippen LogP contribution in [0.3, 0.4) is 0 Å². The Kier molecular flexibility index (Phi) is 4.20. The highest BCUT2D eigenvalue weighted by Crippen LogP contribution is 2.30. The average Bonchev–Trinajstić information content (AvgIpc) is 2.86. The minimum atomic E-state index is 0.236. The number of hydrogen-bond donors (Lipinski definition) is 1. The monoisotopic (exact) mass is 262 g/mol. The molecule has 1 atom stereocenters. The number of rotatable bonds is 5. The highest BCUT2D eigenvalue weighted by Gasteiger charge is 2.10. The van der Waals surface area contributed by atoms with Gasteiger partial charge < -0.3 is 10.1 Å². The van der Waals surface area contributed by atoms with Crippen molar-refractivity contribution in [1.82, 2.24) is 4.98 Å². The zero-order valence-electron chi connectivity index (χ0n) is 10.9. The van der Waals surface area contributed by atoms with E-state index in [9.17, 15) is 0 Å². The molecule has 2 rings (SSSR count). The maximum atomic E-state index is 5.66. The van der Waals surface area contributed by atoms with Gasteiger partial charge in [0.15, 0.2) is 0 Å². The van der Waals surface area contributed by atoms with E-state index >= 15 is 0 Å². The van der Waals surface area contributed by atoms with Gasteiger partial charge in [0.25, 0.3) is 0 Å². The molecule has 0 bridgehead atoms. The first kappa shape index (κ1) is 12.9. The Morgan fingerprint density at radius 2 is 2.28 bits per heavy atom. The summed E-state index contributed by atoms with van der Waals surface area (Å²) < 4.78 is 5.66. The van der Waals surface area contributed by atoms with Crippen LogP contribution in [0.15, 0.2) is 29.9 Å². The number of aromatic nitrogens is 1. The van der Waals surface area contributed by atoms with Crippen molar-refractivity contribution < 1.29 is 4.74 Å². The van der Waals surface area contributed by atoms with E-state index in [1.165, 1.54) is 10.4 Å². The molecule has 0 aliphatic rings. The predicted octanol–water partition coefficient (Wildman–Crippen LogP) is 4.02. The first-order chi connectivity index (χ1) is 8.70. The van der Waals surface area contributed by atoms with Crippen LogP contribution in [0.25, 0.3) is 0 Å². The molecular formula is C14H18N2OS. The maximum absolute atomic E-state index is 5.66. The van der Waals surface area contributed by atoms with Crippen LogP contribution in [0.5, 0.6) is 5.75 Å². The van der Waals surface area contributed by atoms with E-state index in [2.05, 4.69) is 42.3 Å². The van der Waals surface area contributed by atoms with Gasteiger partial charge in [-0.15, -0.1) is 11.3 Å². The highest BCUT2D eigenvalue weighted by atomic mass is 32.1. The van der Waals surface area contributed by atoms with Crippen LogP contribution < -0.4 is 10.1 Å². The molecule has 1 unspecified atom stereocenters. The van der Waals surface area contributed by atoms with Gasteiger partial charge >= 0.3 is 0 Å². The van der Waals surface area contributed by atoms with E-state index in [-0.39, 0.29) is 6.04 Å². The van der Waals surface area contributed by atoms with Gasteiger partial charge in [0.05, 0.1) is 23.8 Å². The summed E-state index contributed by atoms with van der Waals surface area (Å²) in [4.78, 5) is 5.33. The smallest absolute Gasteiger partial charge is 0.142 e. The second-order valence-electron chi connectivity index (χ2n) is 4.20. The van der Waals surface area contributed by atoms with Crippen molar-refractivity contribution in [2.24, 2.45) is 0 Å². The van der Waals surface area contributed by atoms with E-state index < -0.39 is 0 Å². The molecule has 2 aromatic rings. The van der Waals surface area contributed by atoms with Crippen molar-refractivity contribution in [2.45, 2.75) is 26.8 Å². The number of thiazole rings is 1. The summed E-state index contributed by atoms with van der Waals surface area (Å²) in [5.41, 5.74) is 4.09. The molecule has 1 heterocycles. The zero-order valence-corrected chi connectivity index (χ0v) is 11.8. The third kappa shape index (κ3) is 3.01. The summed E-state index contributed by atoms with van der Waals surface area (Å²) in [7, 11) is 0. The Balaban J connectivity index is 2.17. The van der Waals surface area contributed by atoms with Gasteiger partial charge in [-0.05, 0) is 38.5 Å². The van der Waals surface area contributed by atoms with Crippen LogP contribution in [-0.2, 0) is 0 Å². The fourth-order valence-electron chi connectivity index (χ4n) is 1.77. The lowest BCUT2D eigenvalue weighted by Crippen LogP contribution is -2.07. The van der Waals surface area contributed by atoms with Crippen molar-refractivity contribution >= 4 is 17.0 Å². The SMILES string of the molecule is CCOc1cc(C)ccc1NC(C)c1cncs1. The van der Waals surface area contributed by atoms with Crippen molar-refractivity contribution in [1.29, 1.82) is 0 Å². The summed E-state index contributed by atoms with van der Waals surface area (Å²) >= 11 is 1.66. The fourth-order valence-corrected chi connectivity index (χ4v) is 2.40. The maximum Gasteiger partial charge on any atom is 0.142 e. The summed E-state index contributed by atoms with van der Waals surface area (Å²) in [6, 6.07) is 6.45. The predicted molar refractivity (Wildman–Crippen MR) is 76.5 cm³/mol. The van der Waals surface area contributed by atoms with Gasteiger partial charge in [0.1, 0.15) is 5.75 Å². The first-order valence-electron chi connectivity index (χ1n) is 6.09. The van der Waals surface area contributed by atoms with Gasteiger partial charge in [-0.25, -0.2) is 0 Å².